The Morgan fingerprint density at radius 2 is 1.74 bits per heavy atom. The number of ketones is 3. The molecule has 1 aromatic carbocycles. The Hall–Kier alpha value is -2.29. The lowest BCUT2D eigenvalue weighted by Crippen LogP contribution is -2.30. The fraction of sp³-hybridized carbons (Fsp3) is 0.594. The van der Waals surface area contributed by atoms with Crippen molar-refractivity contribution in [1.82, 2.24) is 0 Å². The highest BCUT2D eigenvalue weighted by molar-refractivity contribution is 6.01. The van der Waals surface area contributed by atoms with Gasteiger partial charge in [0.15, 0.2) is 5.78 Å². The maximum absolute atomic E-state index is 13.3. The molecule has 0 heterocycles. The molecule has 35 heavy (non-hydrogen) atoms. The average Bonchev–Trinajstić information content (AvgIpc) is 3.20. The summed E-state index contributed by atoms with van der Waals surface area (Å²) in [6, 6.07) is 4.28. The van der Waals surface area contributed by atoms with Gasteiger partial charge in [-0.2, -0.15) is 0 Å². The van der Waals surface area contributed by atoms with Gasteiger partial charge < -0.3 is 0 Å². The minimum absolute atomic E-state index is 0.0367. The molecule has 0 aromatic heterocycles. The molecule has 3 unspecified atom stereocenters. The number of carbonyl (C=O) groups excluding carboxylic acids is 3. The molecule has 0 N–H and O–H groups in total. The summed E-state index contributed by atoms with van der Waals surface area (Å²) < 4.78 is 0. The zero-order valence-corrected chi connectivity index (χ0v) is 23.1. The lowest BCUT2D eigenvalue weighted by molar-refractivity contribution is -0.129. The summed E-state index contributed by atoms with van der Waals surface area (Å²) in [6.45, 7) is 14.1. The smallest absolute Gasteiger partial charge is 0.163 e. The van der Waals surface area contributed by atoms with E-state index in [0.717, 1.165) is 49.7 Å². The monoisotopic (exact) mass is 478 g/mol. The Kier molecular flexibility index (Phi) is 11.3. The molecule has 0 amide bonds. The van der Waals surface area contributed by atoms with Crippen LogP contribution < -0.4 is 0 Å². The van der Waals surface area contributed by atoms with E-state index in [1.165, 1.54) is 35.6 Å². The van der Waals surface area contributed by atoms with Crippen LogP contribution in [-0.4, -0.2) is 17.3 Å². The van der Waals surface area contributed by atoms with Crippen LogP contribution in [0.1, 0.15) is 120 Å². The summed E-state index contributed by atoms with van der Waals surface area (Å²) in [5.74, 6) is 0.671. The highest BCUT2D eigenvalue weighted by Gasteiger charge is 2.34. The molecule has 3 rings (SSSR count). The number of benzene rings is 1. The minimum Gasteiger partial charge on any atom is -0.300 e. The van der Waals surface area contributed by atoms with Crippen molar-refractivity contribution in [3.05, 3.63) is 52.1 Å². The van der Waals surface area contributed by atoms with Crippen LogP contribution in [-0.2, 0) is 16.0 Å². The third-order valence-corrected chi connectivity index (χ3v) is 7.30. The maximum atomic E-state index is 13.3. The summed E-state index contributed by atoms with van der Waals surface area (Å²) in [4.78, 5) is 37.6. The molecule has 3 atom stereocenters. The molecule has 0 saturated carbocycles. The van der Waals surface area contributed by atoms with Crippen molar-refractivity contribution < 1.29 is 14.4 Å². The van der Waals surface area contributed by atoms with Gasteiger partial charge in [0.2, 0.25) is 0 Å². The molecule has 2 aliphatic carbocycles. The van der Waals surface area contributed by atoms with Crippen molar-refractivity contribution in [2.45, 2.75) is 106 Å². The van der Waals surface area contributed by atoms with Crippen molar-refractivity contribution >= 4 is 22.9 Å². The average molecular weight is 479 g/mol. The predicted octanol–water partition coefficient (Wildman–Crippen LogP) is 8.27. The van der Waals surface area contributed by atoms with Crippen LogP contribution >= 0.6 is 0 Å². The number of hydrogen-bond acceptors (Lipinski definition) is 3. The van der Waals surface area contributed by atoms with Crippen LogP contribution in [0.5, 0.6) is 0 Å². The number of fused-ring (bicyclic) bond motifs is 1. The number of hydrogen-bond donors (Lipinski definition) is 0. The molecule has 0 spiro atoms. The second-order valence-electron chi connectivity index (χ2n) is 10.7. The Bertz CT molecular complexity index is 979. The standard InChI is InChI=1S/C29H38O3.C3H8/c1-6-8-22(24(7-2)27(31)14-20(5)30)15-21-16-26-25(23-11-9-18(3)13-23)12-10-19(4)29(26)28(32)17-21;1-3-2/h9-10,12-13,21-22,24H,6-8,11,14-17H2,1-5H3;3H2,1-2H3. The molecule has 0 saturated heterocycles. The number of Topliss-reactive ketones (excluding diaryl/α,β-unsaturated/α-hetero) is 3. The maximum Gasteiger partial charge on any atom is 0.163 e. The van der Waals surface area contributed by atoms with Gasteiger partial charge in [-0.1, -0.05) is 76.8 Å². The topological polar surface area (TPSA) is 51.2 Å². The number of carbonyl (C=O) groups is 3. The van der Waals surface area contributed by atoms with E-state index in [-0.39, 0.29) is 41.5 Å². The molecule has 192 valence electrons. The Labute approximate surface area is 213 Å². The molecular weight excluding hydrogens is 432 g/mol. The summed E-state index contributed by atoms with van der Waals surface area (Å²) >= 11 is 0. The van der Waals surface area contributed by atoms with Gasteiger partial charge >= 0.3 is 0 Å². The molecule has 2 aliphatic rings. The van der Waals surface area contributed by atoms with Crippen LogP contribution in [0.25, 0.3) is 5.57 Å². The summed E-state index contributed by atoms with van der Waals surface area (Å²) in [7, 11) is 0. The largest absolute Gasteiger partial charge is 0.300 e. The molecule has 0 radical (unpaired) electrons. The van der Waals surface area contributed by atoms with Gasteiger partial charge in [-0.25, -0.2) is 0 Å². The third-order valence-electron chi connectivity index (χ3n) is 7.30. The van der Waals surface area contributed by atoms with Gasteiger partial charge in [-0.3, -0.25) is 14.4 Å². The van der Waals surface area contributed by atoms with Gasteiger partial charge in [0.25, 0.3) is 0 Å². The third kappa shape index (κ3) is 7.59. The highest BCUT2D eigenvalue weighted by Crippen LogP contribution is 2.40. The molecule has 0 aliphatic heterocycles. The normalized spacial score (nSPS) is 18.6. The summed E-state index contributed by atoms with van der Waals surface area (Å²) in [5, 5.41) is 0. The van der Waals surface area contributed by atoms with E-state index in [1.807, 2.05) is 6.92 Å². The van der Waals surface area contributed by atoms with Gasteiger partial charge in [-0.05, 0) is 80.6 Å². The molecule has 1 aromatic rings. The van der Waals surface area contributed by atoms with Crippen LogP contribution in [0.2, 0.25) is 0 Å². The van der Waals surface area contributed by atoms with Crippen LogP contribution in [0, 0.1) is 24.7 Å². The van der Waals surface area contributed by atoms with Crippen molar-refractivity contribution in [3.8, 4) is 0 Å². The Morgan fingerprint density at radius 3 is 2.29 bits per heavy atom. The number of rotatable bonds is 10. The fourth-order valence-electron chi connectivity index (χ4n) is 5.89. The van der Waals surface area contributed by atoms with E-state index in [9.17, 15) is 14.4 Å². The quantitative estimate of drug-likeness (QED) is 0.318. The molecule has 3 heteroatoms. The Balaban J connectivity index is 0.00000137. The van der Waals surface area contributed by atoms with Crippen molar-refractivity contribution in [2.24, 2.45) is 17.8 Å². The Morgan fingerprint density at radius 1 is 1.06 bits per heavy atom. The van der Waals surface area contributed by atoms with Crippen molar-refractivity contribution in [2.75, 3.05) is 0 Å². The van der Waals surface area contributed by atoms with E-state index >= 15 is 0 Å². The second kappa shape index (κ2) is 13.7. The first-order valence-electron chi connectivity index (χ1n) is 13.7. The van der Waals surface area contributed by atoms with Gasteiger partial charge in [0, 0.05) is 17.9 Å². The van der Waals surface area contributed by atoms with E-state index in [0.29, 0.717) is 6.42 Å². The molecule has 0 bridgehead atoms. The lowest BCUT2D eigenvalue weighted by Gasteiger charge is -2.32. The van der Waals surface area contributed by atoms with Gasteiger partial charge in [0.05, 0.1) is 6.42 Å². The lowest BCUT2D eigenvalue weighted by atomic mass is 9.71. The zero-order valence-electron chi connectivity index (χ0n) is 23.1. The van der Waals surface area contributed by atoms with Crippen LogP contribution in [0.3, 0.4) is 0 Å². The minimum atomic E-state index is -0.0864. The zero-order chi connectivity index (χ0) is 26.1. The van der Waals surface area contributed by atoms with Crippen LogP contribution in [0.4, 0.5) is 0 Å². The summed E-state index contributed by atoms with van der Waals surface area (Å²) in [6.07, 6.45) is 11.8. The first-order valence-corrected chi connectivity index (χ1v) is 13.7. The summed E-state index contributed by atoms with van der Waals surface area (Å²) in [5.41, 5.74) is 7.02. The van der Waals surface area contributed by atoms with E-state index in [4.69, 9.17) is 0 Å². The molecule has 3 nitrogen and oxygen atoms in total. The van der Waals surface area contributed by atoms with E-state index < -0.39 is 0 Å². The predicted molar refractivity (Wildman–Crippen MR) is 147 cm³/mol. The van der Waals surface area contributed by atoms with Gasteiger partial charge in [0.1, 0.15) is 11.6 Å². The first kappa shape index (κ1) is 28.9. The second-order valence-corrected chi connectivity index (χ2v) is 10.7. The molecular formula is C32H46O3. The first-order chi connectivity index (χ1) is 16.7. The highest BCUT2D eigenvalue weighted by atomic mass is 16.1. The van der Waals surface area contributed by atoms with Crippen molar-refractivity contribution in [3.63, 3.8) is 0 Å². The number of allylic oxidation sites excluding steroid dienone is 4. The number of aryl methyl sites for hydroxylation is 1. The van der Waals surface area contributed by atoms with Crippen LogP contribution in [0.15, 0.2) is 29.9 Å². The van der Waals surface area contributed by atoms with E-state index in [2.05, 4.69) is 58.9 Å². The van der Waals surface area contributed by atoms with Crippen molar-refractivity contribution in [1.29, 1.82) is 0 Å². The van der Waals surface area contributed by atoms with E-state index in [1.54, 1.807) is 0 Å². The van der Waals surface area contributed by atoms with Gasteiger partial charge in [-0.15, -0.1) is 0 Å². The molecule has 0 fully saturated rings. The SMILES string of the molecule is CCC.CCCC(CC1CC(=O)c2c(C)ccc(C3=CC(C)=CC3)c2C1)C(CC)C(=O)CC(C)=O. The fourth-order valence-corrected chi connectivity index (χ4v) is 5.89.